The Morgan fingerprint density at radius 2 is 1.29 bits per heavy atom. The van der Waals surface area contributed by atoms with E-state index in [1.54, 1.807) is 0 Å². The second kappa shape index (κ2) is 11.2. The van der Waals surface area contributed by atoms with Gasteiger partial charge in [-0.1, -0.05) is 39.0 Å². The van der Waals surface area contributed by atoms with Crippen molar-refractivity contribution in [3.8, 4) is 0 Å². The molecule has 0 unspecified atom stereocenters. The molecule has 17 heavy (non-hydrogen) atoms. The molecular formula is C12H29NO3Si. The average molecular weight is 263 g/mol. The Balaban J connectivity index is 2.99. The highest BCUT2D eigenvalue weighted by atomic mass is 28.4. The third kappa shape index (κ3) is 16.1. The molecule has 0 fully saturated rings. The van der Waals surface area contributed by atoms with Crippen LogP contribution in [0.15, 0.2) is 0 Å². The monoisotopic (exact) mass is 263 g/mol. The standard InChI is InChI=1S/C12H29NO3Si/c1-2-3-4-5-6-7-10-13-11-8-9-12-17(14,15)16/h13-16H,2-12H2,1H3. The molecule has 0 aliphatic heterocycles. The van der Waals surface area contributed by atoms with E-state index in [0.29, 0.717) is 6.42 Å². The van der Waals surface area contributed by atoms with Crippen LogP contribution >= 0.6 is 0 Å². The lowest BCUT2D eigenvalue weighted by molar-refractivity contribution is 0.226. The van der Waals surface area contributed by atoms with Crippen LogP contribution in [0.1, 0.15) is 58.3 Å². The lowest BCUT2D eigenvalue weighted by Gasteiger charge is -2.09. The molecule has 0 rings (SSSR count). The van der Waals surface area contributed by atoms with E-state index in [1.165, 1.54) is 38.5 Å². The topological polar surface area (TPSA) is 72.7 Å². The smallest absolute Gasteiger partial charge is 0.390 e. The molecule has 0 aromatic carbocycles. The van der Waals surface area contributed by atoms with Crippen molar-refractivity contribution in [3.05, 3.63) is 0 Å². The van der Waals surface area contributed by atoms with Gasteiger partial charge in [-0.05, 0) is 32.4 Å². The van der Waals surface area contributed by atoms with Crippen molar-refractivity contribution in [2.75, 3.05) is 13.1 Å². The zero-order valence-corrected chi connectivity index (χ0v) is 12.1. The van der Waals surface area contributed by atoms with Crippen LogP contribution in [0.5, 0.6) is 0 Å². The third-order valence-corrected chi connectivity index (χ3v) is 3.85. The summed E-state index contributed by atoms with van der Waals surface area (Å²) in [6, 6.07) is 0.158. The number of nitrogens with one attached hydrogen (secondary N) is 1. The Morgan fingerprint density at radius 1 is 0.765 bits per heavy atom. The Labute approximate surface area is 106 Å². The van der Waals surface area contributed by atoms with Crippen LogP contribution in [0.25, 0.3) is 0 Å². The highest BCUT2D eigenvalue weighted by Gasteiger charge is 2.25. The SMILES string of the molecule is CCCCCCCCNCCCC[Si](O)(O)O. The van der Waals surface area contributed by atoms with Gasteiger partial charge in [0.15, 0.2) is 0 Å². The minimum absolute atomic E-state index is 0.158. The summed E-state index contributed by atoms with van der Waals surface area (Å²) in [4.78, 5) is 26.4. The molecule has 0 heterocycles. The summed E-state index contributed by atoms with van der Waals surface area (Å²) in [5.74, 6) is 0. The molecule has 0 saturated heterocycles. The maximum Gasteiger partial charge on any atom is 0.492 e. The van der Waals surface area contributed by atoms with Gasteiger partial charge in [0.1, 0.15) is 0 Å². The summed E-state index contributed by atoms with van der Waals surface area (Å²) in [6.07, 6.45) is 9.43. The van der Waals surface area contributed by atoms with Crippen LogP contribution in [-0.4, -0.2) is 36.3 Å². The van der Waals surface area contributed by atoms with Crippen LogP contribution in [-0.2, 0) is 0 Å². The number of hydrogen-bond donors (Lipinski definition) is 4. The second-order valence-electron chi connectivity index (χ2n) is 4.75. The minimum Gasteiger partial charge on any atom is -0.390 e. The molecule has 0 aromatic rings. The highest BCUT2D eigenvalue weighted by Crippen LogP contribution is 2.05. The van der Waals surface area contributed by atoms with E-state index in [9.17, 15) is 0 Å². The van der Waals surface area contributed by atoms with Gasteiger partial charge in [-0.15, -0.1) is 0 Å². The summed E-state index contributed by atoms with van der Waals surface area (Å²) in [5.41, 5.74) is 0. The molecule has 0 atom stereocenters. The molecule has 0 saturated carbocycles. The fraction of sp³-hybridized carbons (Fsp3) is 1.00. The Kier molecular flexibility index (Phi) is 11.2. The largest absolute Gasteiger partial charge is 0.492 e. The molecule has 4 N–H and O–H groups in total. The van der Waals surface area contributed by atoms with Crippen molar-refractivity contribution in [1.82, 2.24) is 5.32 Å². The van der Waals surface area contributed by atoms with Crippen molar-refractivity contribution >= 4 is 8.80 Å². The van der Waals surface area contributed by atoms with Gasteiger partial charge in [0.25, 0.3) is 0 Å². The molecule has 5 heteroatoms. The van der Waals surface area contributed by atoms with E-state index in [-0.39, 0.29) is 6.04 Å². The summed E-state index contributed by atoms with van der Waals surface area (Å²) in [6.45, 7) is 4.18. The van der Waals surface area contributed by atoms with E-state index in [1.807, 2.05) is 0 Å². The van der Waals surface area contributed by atoms with Crippen LogP contribution in [0.4, 0.5) is 0 Å². The van der Waals surface area contributed by atoms with Crippen molar-refractivity contribution < 1.29 is 14.4 Å². The summed E-state index contributed by atoms with van der Waals surface area (Å²) in [7, 11) is -3.78. The van der Waals surface area contributed by atoms with E-state index >= 15 is 0 Å². The molecule has 0 radical (unpaired) electrons. The number of unbranched alkanes of at least 4 members (excludes halogenated alkanes) is 6. The molecule has 0 spiro atoms. The Hall–Kier alpha value is 0.0569. The van der Waals surface area contributed by atoms with Gasteiger partial charge in [-0.2, -0.15) is 0 Å². The Bertz CT molecular complexity index is 162. The van der Waals surface area contributed by atoms with E-state index in [4.69, 9.17) is 14.4 Å². The van der Waals surface area contributed by atoms with E-state index < -0.39 is 8.80 Å². The normalized spacial score (nSPS) is 12.0. The third-order valence-electron chi connectivity index (χ3n) is 2.82. The molecular weight excluding hydrogens is 234 g/mol. The van der Waals surface area contributed by atoms with E-state index in [2.05, 4.69) is 12.2 Å². The Morgan fingerprint density at radius 3 is 1.88 bits per heavy atom. The van der Waals surface area contributed by atoms with Gasteiger partial charge in [-0.3, -0.25) is 0 Å². The lowest BCUT2D eigenvalue weighted by atomic mass is 10.1. The zero-order chi connectivity index (χ0) is 13.0. The lowest BCUT2D eigenvalue weighted by Crippen LogP contribution is -2.34. The molecule has 0 aliphatic rings. The average Bonchev–Trinajstić information content (AvgIpc) is 2.24. The quantitative estimate of drug-likeness (QED) is 0.319. The van der Waals surface area contributed by atoms with Gasteiger partial charge in [0.05, 0.1) is 0 Å². The first-order chi connectivity index (χ1) is 8.06. The maximum atomic E-state index is 8.79. The van der Waals surface area contributed by atoms with Crippen molar-refractivity contribution in [2.45, 2.75) is 64.3 Å². The molecule has 104 valence electrons. The fourth-order valence-corrected chi connectivity index (χ4v) is 2.49. The van der Waals surface area contributed by atoms with Crippen molar-refractivity contribution in [2.24, 2.45) is 0 Å². The summed E-state index contributed by atoms with van der Waals surface area (Å²) in [5, 5.41) is 3.33. The fourth-order valence-electron chi connectivity index (χ4n) is 1.77. The molecule has 0 bridgehead atoms. The molecule has 4 nitrogen and oxygen atoms in total. The first kappa shape index (κ1) is 17.1. The van der Waals surface area contributed by atoms with Crippen LogP contribution in [0.3, 0.4) is 0 Å². The second-order valence-corrected chi connectivity index (χ2v) is 6.80. The van der Waals surface area contributed by atoms with Gasteiger partial charge in [-0.25, -0.2) is 0 Å². The first-order valence-corrected chi connectivity index (χ1v) is 8.99. The predicted octanol–water partition coefficient (Wildman–Crippen LogP) is 1.63. The highest BCUT2D eigenvalue weighted by molar-refractivity contribution is 6.56. The van der Waals surface area contributed by atoms with Crippen molar-refractivity contribution in [3.63, 3.8) is 0 Å². The molecule has 0 amide bonds. The predicted molar refractivity (Wildman–Crippen MR) is 72.7 cm³/mol. The van der Waals surface area contributed by atoms with E-state index in [0.717, 1.165) is 19.5 Å². The van der Waals surface area contributed by atoms with Crippen LogP contribution in [0, 0.1) is 0 Å². The number of rotatable bonds is 12. The number of hydrogen-bond acceptors (Lipinski definition) is 4. The van der Waals surface area contributed by atoms with Gasteiger partial charge < -0.3 is 19.7 Å². The van der Waals surface area contributed by atoms with Crippen molar-refractivity contribution in [1.29, 1.82) is 0 Å². The van der Waals surface area contributed by atoms with Crippen LogP contribution < -0.4 is 5.32 Å². The minimum atomic E-state index is -3.78. The molecule has 0 aliphatic carbocycles. The van der Waals surface area contributed by atoms with Gasteiger partial charge >= 0.3 is 8.80 Å². The zero-order valence-electron chi connectivity index (χ0n) is 11.1. The van der Waals surface area contributed by atoms with Gasteiger partial charge in [0.2, 0.25) is 0 Å². The van der Waals surface area contributed by atoms with Crippen LogP contribution in [0.2, 0.25) is 6.04 Å². The molecule has 0 aromatic heterocycles. The van der Waals surface area contributed by atoms with Gasteiger partial charge in [0, 0.05) is 6.04 Å². The summed E-state index contributed by atoms with van der Waals surface area (Å²) < 4.78 is 0. The summed E-state index contributed by atoms with van der Waals surface area (Å²) >= 11 is 0. The first-order valence-electron chi connectivity index (χ1n) is 6.94. The maximum absolute atomic E-state index is 8.79.